The first-order valence-corrected chi connectivity index (χ1v) is 11.0. The maximum Gasteiger partial charge on any atom is 0.335 e. The normalized spacial score (nSPS) is 11.3. The zero-order valence-corrected chi connectivity index (χ0v) is 19.2. The van der Waals surface area contributed by atoms with Crippen LogP contribution in [0.25, 0.3) is 22.0 Å². The standard InChI is InChI=1S/C28H26N4O2/c1-28(2,12-13-29)26-25(19-8-10-20(11-9-19)27(33)34)22-15-23(31)21(16-30)14-24(22)32(26)17-18-6-4-3-5-7-18/h3-11,14-16,30H,12,17,31H2,1-2H3,(H,33,34). The fraction of sp³-hybridized carbons (Fsp3) is 0.179. The molecule has 0 aliphatic rings. The molecule has 1 heterocycles. The number of aromatic nitrogens is 1. The van der Waals surface area contributed by atoms with E-state index in [4.69, 9.17) is 11.1 Å². The van der Waals surface area contributed by atoms with E-state index in [0.29, 0.717) is 24.2 Å². The summed E-state index contributed by atoms with van der Waals surface area (Å²) in [6.07, 6.45) is 1.54. The predicted molar refractivity (Wildman–Crippen MR) is 135 cm³/mol. The first-order valence-electron chi connectivity index (χ1n) is 11.0. The predicted octanol–water partition coefficient (Wildman–Crippen LogP) is 5.83. The molecular formula is C28H26N4O2. The number of nitrogens with two attached hydrogens (primary N) is 1. The lowest BCUT2D eigenvalue weighted by Crippen LogP contribution is -2.22. The Labute approximate surface area is 198 Å². The summed E-state index contributed by atoms with van der Waals surface area (Å²) in [5.74, 6) is -0.983. The molecule has 0 bridgehead atoms. The van der Waals surface area contributed by atoms with Crippen molar-refractivity contribution in [3.8, 4) is 17.2 Å². The lowest BCUT2D eigenvalue weighted by Gasteiger charge is -2.26. The van der Waals surface area contributed by atoms with Crippen molar-refractivity contribution in [3.63, 3.8) is 0 Å². The number of aromatic carboxylic acids is 1. The highest BCUT2D eigenvalue weighted by Gasteiger charge is 2.31. The number of nitrogens with zero attached hydrogens (tertiary/aromatic N) is 2. The van der Waals surface area contributed by atoms with Crippen LogP contribution in [-0.2, 0) is 12.0 Å². The zero-order chi connectivity index (χ0) is 24.5. The molecule has 4 N–H and O–H groups in total. The average molecular weight is 451 g/mol. The first-order chi connectivity index (χ1) is 16.3. The van der Waals surface area contributed by atoms with Crippen LogP contribution in [0.15, 0.2) is 66.7 Å². The van der Waals surface area contributed by atoms with E-state index in [1.165, 1.54) is 6.21 Å². The Balaban J connectivity index is 2.11. The number of nitrogen functional groups attached to an aromatic ring is 1. The highest BCUT2D eigenvalue weighted by Crippen LogP contribution is 2.44. The Kier molecular flexibility index (Phi) is 5.95. The SMILES string of the molecule is CC(C)(CC#N)c1c(-c2ccc(C(=O)O)cc2)c2cc(N)c(C=N)cc2n1Cc1ccccc1. The average Bonchev–Trinajstić information content (AvgIpc) is 3.12. The number of hydrogen-bond acceptors (Lipinski definition) is 4. The molecule has 4 aromatic rings. The van der Waals surface area contributed by atoms with E-state index >= 15 is 0 Å². The van der Waals surface area contributed by atoms with Crippen molar-refractivity contribution in [2.24, 2.45) is 0 Å². The number of nitrogens with one attached hydrogen (secondary N) is 1. The van der Waals surface area contributed by atoms with Gasteiger partial charge in [-0.15, -0.1) is 0 Å². The summed E-state index contributed by atoms with van der Waals surface area (Å²) in [5.41, 5.74) is 11.9. The van der Waals surface area contributed by atoms with Gasteiger partial charge in [-0.25, -0.2) is 4.79 Å². The van der Waals surface area contributed by atoms with Gasteiger partial charge in [-0.1, -0.05) is 56.3 Å². The number of fused-ring (bicyclic) bond motifs is 1. The summed E-state index contributed by atoms with van der Waals surface area (Å²) < 4.78 is 2.20. The van der Waals surface area contributed by atoms with Crippen molar-refractivity contribution in [2.75, 3.05) is 5.73 Å². The van der Waals surface area contributed by atoms with Crippen molar-refractivity contribution in [1.82, 2.24) is 4.57 Å². The second kappa shape index (κ2) is 8.87. The van der Waals surface area contributed by atoms with Gasteiger partial charge < -0.3 is 20.8 Å². The molecule has 0 fully saturated rings. The summed E-state index contributed by atoms with van der Waals surface area (Å²) in [6.45, 7) is 4.67. The number of carboxylic acid groups (broad SMARTS) is 1. The minimum atomic E-state index is -0.983. The molecule has 0 radical (unpaired) electrons. The molecule has 0 aliphatic carbocycles. The van der Waals surface area contributed by atoms with Crippen LogP contribution in [0, 0.1) is 16.7 Å². The second-order valence-electron chi connectivity index (χ2n) is 9.04. The molecule has 0 atom stereocenters. The fourth-order valence-electron chi connectivity index (χ4n) is 4.54. The van der Waals surface area contributed by atoms with Gasteiger partial charge in [-0.05, 0) is 35.4 Å². The summed E-state index contributed by atoms with van der Waals surface area (Å²) >= 11 is 0. The quantitative estimate of drug-likeness (QED) is 0.243. The number of hydrogen-bond donors (Lipinski definition) is 3. The molecule has 0 aliphatic heterocycles. The molecule has 0 unspecified atom stereocenters. The Morgan fingerprint density at radius 3 is 2.41 bits per heavy atom. The molecule has 0 amide bonds. The van der Waals surface area contributed by atoms with Gasteiger partial charge in [0.05, 0.1) is 11.6 Å². The fourth-order valence-corrected chi connectivity index (χ4v) is 4.54. The summed E-state index contributed by atoms with van der Waals surface area (Å²) in [4.78, 5) is 11.4. The number of rotatable bonds is 7. The van der Waals surface area contributed by atoms with E-state index in [0.717, 1.165) is 33.3 Å². The van der Waals surface area contributed by atoms with Gasteiger partial charge in [-0.2, -0.15) is 5.26 Å². The number of nitriles is 1. The lowest BCUT2D eigenvalue weighted by atomic mass is 9.81. The van der Waals surface area contributed by atoms with Crippen molar-refractivity contribution in [1.29, 1.82) is 10.7 Å². The molecule has 6 heteroatoms. The van der Waals surface area contributed by atoms with E-state index in [1.54, 1.807) is 24.3 Å². The molecule has 4 rings (SSSR count). The van der Waals surface area contributed by atoms with Gasteiger partial charge in [0.1, 0.15) is 0 Å². The van der Waals surface area contributed by atoms with Crippen LogP contribution in [0.1, 0.15) is 47.4 Å². The van der Waals surface area contributed by atoms with Gasteiger partial charge in [0.15, 0.2) is 0 Å². The van der Waals surface area contributed by atoms with E-state index in [1.807, 2.05) is 44.2 Å². The van der Waals surface area contributed by atoms with Gasteiger partial charge in [-0.3, -0.25) is 0 Å². The minimum absolute atomic E-state index is 0.209. The lowest BCUT2D eigenvalue weighted by molar-refractivity contribution is 0.0697. The molecule has 0 saturated carbocycles. The highest BCUT2D eigenvalue weighted by atomic mass is 16.4. The van der Waals surface area contributed by atoms with E-state index in [-0.39, 0.29) is 5.56 Å². The monoisotopic (exact) mass is 450 g/mol. The zero-order valence-electron chi connectivity index (χ0n) is 19.2. The van der Waals surface area contributed by atoms with E-state index in [9.17, 15) is 15.2 Å². The third kappa shape index (κ3) is 4.04. The molecule has 1 aromatic heterocycles. The van der Waals surface area contributed by atoms with Gasteiger partial charge in [0.25, 0.3) is 0 Å². The Hall–Kier alpha value is -4.37. The smallest absolute Gasteiger partial charge is 0.335 e. The topological polar surface area (TPSA) is 116 Å². The van der Waals surface area contributed by atoms with Crippen molar-refractivity contribution in [2.45, 2.75) is 32.2 Å². The summed E-state index contributed by atoms with van der Waals surface area (Å²) in [5, 5.41) is 27.7. The van der Waals surface area contributed by atoms with E-state index < -0.39 is 11.4 Å². The maximum absolute atomic E-state index is 11.4. The number of anilines is 1. The van der Waals surface area contributed by atoms with Crippen LogP contribution in [0.3, 0.4) is 0 Å². The van der Waals surface area contributed by atoms with Gasteiger partial charge in [0, 0.05) is 58.0 Å². The third-order valence-electron chi connectivity index (χ3n) is 6.19. The van der Waals surface area contributed by atoms with Gasteiger partial charge >= 0.3 is 5.97 Å². The Morgan fingerprint density at radius 2 is 1.82 bits per heavy atom. The van der Waals surface area contributed by atoms with Crippen molar-refractivity contribution in [3.05, 3.63) is 89.1 Å². The Morgan fingerprint density at radius 1 is 1.15 bits per heavy atom. The largest absolute Gasteiger partial charge is 0.478 e. The van der Waals surface area contributed by atoms with Crippen LogP contribution in [0.4, 0.5) is 5.69 Å². The van der Waals surface area contributed by atoms with Crippen LogP contribution < -0.4 is 5.73 Å². The number of carbonyl (C=O) groups is 1. The Bertz CT molecular complexity index is 1430. The molecule has 0 saturated heterocycles. The first kappa shape index (κ1) is 22.8. The third-order valence-corrected chi connectivity index (χ3v) is 6.19. The molecule has 0 spiro atoms. The molecule has 34 heavy (non-hydrogen) atoms. The number of carboxylic acids is 1. The summed E-state index contributed by atoms with van der Waals surface area (Å²) in [6, 6.07) is 23.0. The minimum Gasteiger partial charge on any atom is -0.478 e. The molecule has 6 nitrogen and oxygen atoms in total. The van der Waals surface area contributed by atoms with E-state index in [2.05, 4.69) is 22.8 Å². The van der Waals surface area contributed by atoms with Crippen molar-refractivity contribution < 1.29 is 9.90 Å². The highest BCUT2D eigenvalue weighted by molar-refractivity contribution is 6.04. The number of benzene rings is 3. The van der Waals surface area contributed by atoms with Crippen molar-refractivity contribution >= 4 is 28.8 Å². The van der Waals surface area contributed by atoms with Gasteiger partial charge in [0.2, 0.25) is 0 Å². The molecule has 3 aromatic carbocycles. The van der Waals surface area contributed by atoms with Crippen LogP contribution in [0.5, 0.6) is 0 Å². The molecule has 170 valence electrons. The van der Waals surface area contributed by atoms with Crippen LogP contribution in [0.2, 0.25) is 0 Å². The summed E-state index contributed by atoms with van der Waals surface area (Å²) in [7, 11) is 0. The second-order valence-corrected chi connectivity index (χ2v) is 9.04. The van der Waals surface area contributed by atoms with Crippen LogP contribution in [-0.4, -0.2) is 21.9 Å². The molecular weight excluding hydrogens is 424 g/mol. The van der Waals surface area contributed by atoms with Crippen LogP contribution >= 0.6 is 0 Å². The maximum atomic E-state index is 11.4.